The van der Waals surface area contributed by atoms with E-state index < -0.39 is 0 Å². The zero-order valence-corrected chi connectivity index (χ0v) is 11.2. The number of nitrogens with zero attached hydrogens (tertiary/aromatic N) is 1. The number of benzene rings is 1. The van der Waals surface area contributed by atoms with Crippen LogP contribution in [0.5, 0.6) is 5.75 Å². The Labute approximate surface area is 103 Å². The summed E-state index contributed by atoms with van der Waals surface area (Å²) in [4.78, 5) is 2.32. The summed E-state index contributed by atoms with van der Waals surface area (Å²) in [6, 6.07) is 6.53. The lowest BCUT2D eigenvalue weighted by Gasteiger charge is -2.23. The molecule has 0 fully saturated rings. The third-order valence-corrected chi connectivity index (χ3v) is 3.29. The van der Waals surface area contributed by atoms with Gasteiger partial charge in [-0.25, -0.2) is 0 Å². The highest BCUT2D eigenvalue weighted by Gasteiger charge is 2.08. The molecule has 90 valence electrons. The van der Waals surface area contributed by atoms with Crippen LogP contribution in [0.2, 0.25) is 5.02 Å². The van der Waals surface area contributed by atoms with Gasteiger partial charge in [-0.15, -0.1) is 0 Å². The van der Waals surface area contributed by atoms with Crippen molar-refractivity contribution in [1.29, 1.82) is 0 Å². The van der Waals surface area contributed by atoms with Crippen LogP contribution in [-0.2, 0) is 6.54 Å². The first-order chi connectivity index (χ1) is 7.58. The number of rotatable bonds is 5. The van der Waals surface area contributed by atoms with Gasteiger partial charge < -0.3 is 4.74 Å². The molecule has 3 heteroatoms. The van der Waals surface area contributed by atoms with Crippen molar-refractivity contribution >= 4 is 11.6 Å². The smallest absolute Gasteiger partial charge is 0.137 e. The Morgan fingerprint density at radius 2 is 2.12 bits per heavy atom. The minimum Gasteiger partial charge on any atom is -0.495 e. The standard InChI is InChI=1S/C13H20ClNO/c1-5-10(2)15(3)9-11-6-7-13(16-4)12(14)8-11/h6-8,10H,5,9H2,1-4H3. The summed E-state index contributed by atoms with van der Waals surface area (Å²) < 4.78 is 5.13. The molecule has 0 heterocycles. The van der Waals surface area contributed by atoms with E-state index in [4.69, 9.17) is 16.3 Å². The van der Waals surface area contributed by atoms with Gasteiger partial charge in [0.15, 0.2) is 0 Å². The molecule has 0 N–H and O–H groups in total. The highest BCUT2D eigenvalue weighted by Crippen LogP contribution is 2.25. The lowest BCUT2D eigenvalue weighted by atomic mass is 10.1. The van der Waals surface area contributed by atoms with Crippen molar-refractivity contribution < 1.29 is 4.74 Å². The lowest BCUT2D eigenvalue weighted by Crippen LogP contribution is -2.27. The maximum Gasteiger partial charge on any atom is 0.137 e. The van der Waals surface area contributed by atoms with E-state index in [0.717, 1.165) is 18.7 Å². The maximum atomic E-state index is 6.08. The van der Waals surface area contributed by atoms with Crippen LogP contribution in [0.4, 0.5) is 0 Å². The van der Waals surface area contributed by atoms with E-state index in [2.05, 4.69) is 31.9 Å². The van der Waals surface area contributed by atoms with Crippen LogP contribution in [0.3, 0.4) is 0 Å². The van der Waals surface area contributed by atoms with E-state index >= 15 is 0 Å². The average Bonchev–Trinajstić information content (AvgIpc) is 2.28. The topological polar surface area (TPSA) is 12.5 Å². The first-order valence-electron chi connectivity index (χ1n) is 5.61. The third-order valence-electron chi connectivity index (χ3n) is 2.99. The molecule has 0 radical (unpaired) electrons. The number of halogens is 1. The summed E-state index contributed by atoms with van der Waals surface area (Å²) in [5.41, 5.74) is 1.22. The van der Waals surface area contributed by atoms with Gasteiger partial charge in [0, 0.05) is 12.6 Å². The van der Waals surface area contributed by atoms with Crippen LogP contribution >= 0.6 is 11.6 Å². The third kappa shape index (κ3) is 3.39. The molecule has 1 rings (SSSR count). The Morgan fingerprint density at radius 3 is 2.62 bits per heavy atom. The summed E-state index contributed by atoms with van der Waals surface area (Å²) in [7, 11) is 3.76. The first-order valence-corrected chi connectivity index (χ1v) is 5.99. The molecule has 1 unspecified atom stereocenters. The molecule has 0 aliphatic carbocycles. The van der Waals surface area contributed by atoms with E-state index in [1.54, 1.807) is 7.11 Å². The van der Waals surface area contributed by atoms with E-state index in [1.807, 2.05) is 12.1 Å². The zero-order valence-electron chi connectivity index (χ0n) is 10.5. The molecule has 0 aliphatic heterocycles. The van der Waals surface area contributed by atoms with Gasteiger partial charge in [0.2, 0.25) is 0 Å². The minimum absolute atomic E-state index is 0.584. The maximum absolute atomic E-state index is 6.08. The van der Waals surface area contributed by atoms with E-state index in [1.165, 1.54) is 5.56 Å². The molecule has 0 saturated heterocycles. The van der Waals surface area contributed by atoms with Gasteiger partial charge in [0.1, 0.15) is 5.75 Å². The van der Waals surface area contributed by atoms with Crippen LogP contribution in [0.1, 0.15) is 25.8 Å². The highest BCUT2D eigenvalue weighted by molar-refractivity contribution is 6.32. The summed E-state index contributed by atoms with van der Waals surface area (Å²) in [6.45, 7) is 5.34. The molecular formula is C13H20ClNO. The predicted octanol–water partition coefficient (Wildman–Crippen LogP) is 3.58. The Hall–Kier alpha value is -0.730. The molecule has 0 bridgehead atoms. The van der Waals surface area contributed by atoms with Crippen LogP contribution in [-0.4, -0.2) is 25.1 Å². The second kappa shape index (κ2) is 6.12. The fourth-order valence-electron chi connectivity index (χ4n) is 1.56. The van der Waals surface area contributed by atoms with Crippen molar-refractivity contribution in [1.82, 2.24) is 4.90 Å². The number of hydrogen-bond acceptors (Lipinski definition) is 2. The molecule has 1 aromatic rings. The highest BCUT2D eigenvalue weighted by atomic mass is 35.5. The van der Waals surface area contributed by atoms with Gasteiger partial charge in [-0.2, -0.15) is 0 Å². The molecule has 1 atom stereocenters. The first kappa shape index (κ1) is 13.3. The largest absolute Gasteiger partial charge is 0.495 e. The van der Waals surface area contributed by atoms with Crippen LogP contribution in [0.15, 0.2) is 18.2 Å². The molecule has 0 aliphatic rings. The molecule has 1 aromatic carbocycles. The zero-order chi connectivity index (χ0) is 12.1. The van der Waals surface area contributed by atoms with E-state index in [-0.39, 0.29) is 0 Å². The van der Waals surface area contributed by atoms with Gasteiger partial charge in [0.05, 0.1) is 12.1 Å². The Morgan fingerprint density at radius 1 is 1.44 bits per heavy atom. The van der Waals surface area contributed by atoms with Crippen molar-refractivity contribution in [2.24, 2.45) is 0 Å². The lowest BCUT2D eigenvalue weighted by molar-refractivity contribution is 0.244. The van der Waals surface area contributed by atoms with Crippen molar-refractivity contribution in [2.45, 2.75) is 32.9 Å². The molecule has 0 aromatic heterocycles. The second-order valence-corrected chi connectivity index (χ2v) is 4.55. The van der Waals surface area contributed by atoms with Crippen molar-refractivity contribution in [3.05, 3.63) is 28.8 Å². The SMILES string of the molecule is CCC(C)N(C)Cc1ccc(OC)c(Cl)c1. The average molecular weight is 242 g/mol. The summed E-state index contributed by atoms with van der Waals surface area (Å²) >= 11 is 6.08. The molecular weight excluding hydrogens is 222 g/mol. The van der Waals surface area contributed by atoms with Gasteiger partial charge >= 0.3 is 0 Å². The van der Waals surface area contributed by atoms with Gasteiger partial charge in [0.25, 0.3) is 0 Å². The van der Waals surface area contributed by atoms with Crippen molar-refractivity contribution in [3.8, 4) is 5.75 Å². The second-order valence-electron chi connectivity index (χ2n) is 4.14. The normalized spacial score (nSPS) is 12.9. The number of ether oxygens (including phenoxy) is 1. The quantitative estimate of drug-likeness (QED) is 0.781. The van der Waals surface area contributed by atoms with Gasteiger partial charge in [-0.1, -0.05) is 24.6 Å². The monoisotopic (exact) mass is 241 g/mol. The van der Waals surface area contributed by atoms with E-state index in [0.29, 0.717) is 11.1 Å². The molecule has 0 spiro atoms. The molecule has 0 amide bonds. The van der Waals surface area contributed by atoms with Crippen molar-refractivity contribution in [3.63, 3.8) is 0 Å². The van der Waals surface area contributed by atoms with E-state index in [9.17, 15) is 0 Å². The number of methoxy groups -OCH3 is 1. The molecule has 16 heavy (non-hydrogen) atoms. The summed E-state index contributed by atoms with van der Waals surface area (Å²) in [5.74, 6) is 0.733. The van der Waals surface area contributed by atoms with Crippen LogP contribution < -0.4 is 4.74 Å². The molecule has 0 saturated carbocycles. The predicted molar refractivity (Wildman–Crippen MR) is 69.2 cm³/mol. The molecule has 2 nitrogen and oxygen atoms in total. The van der Waals surface area contributed by atoms with Crippen molar-refractivity contribution in [2.75, 3.05) is 14.2 Å². The summed E-state index contributed by atoms with van der Waals surface area (Å²) in [5, 5.41) is 0.678. The number of hydrogen-bond donors (Lipinski definition) is 0. The van der Waals surface area contributed by atoms with Crippen LogP contribution in [0, 0.1) is 0 Å². The van der Waals surface area contributed by atoms with Crippen LogP contribution in [0.25, 0.3) is 0 Å². The Balaban J connectivity index is 2.71. The summed E-state index contributed by atoms with van der Waals surface area (Å²) in [6.07, 6.45) is 1.15. The van der Waals surface area contributed by atoms with Gasteiger partial charge in [-0.05, 0) is 38.1 Å². The Kier molecular flexibility index (Phi) is 5.10. The fraction of sp³-hybridized carbons (Fsp3) is 0.538. The fourth-order valence-corrected chi connectivity index (χ4v) is 1.84. The Bertz CT molecular complexity index is 341. The minimum atomic E-state index is 0.584. The van der Waals surface area contributed by atoms with Gasteiger partial charge in [-0.3, -0.25) is 4.90 Å².